The molecule has 0 amide bonds. The predicted molar refractivity (Wildman–Crippen MR) is 189 cm³/mol. The zero-order valence-corrected chi connectivity index (χ0v) is 27.4. The summed E-state index contributed by atoms with van der Waals surface area (Å²) < 4.78 is 6.64. The van der Waals surface area contributed by atoms with Crippen LogP contribution in [0.1, 0.15) is 80.4 Å². The van der Waals surface area contributed by atoms with Crippen LogP contribution in [0.5, 0.6) is 51.7 Å². The average molecular weight is 699 g/mol. The smallest absolute Gasteiger partial charge is 0.135 e. The first-order chi connectivity index (χ1) is 25.0. The summed E-state index contributed by atoms with van der Waals surface area (Å²) >= 11 is 0. The molecule has 0 unspecified atom stereocenters. The maximum atomic E-state index is 12.5. The summed E-state index contributed by atoms with van der Waals surface area (Å²) in [5.41, 5.74) is 4.17. The molecule has 0 radical (unpaired) electrons. The van der Waals surface area contributed by atoms with E-state index in [0.29, 0.717) is 44.5 Å². The lowest BCUT2D eigenvalue weighted by molar-refractivity contribution is 0.134. The molecular weight excluding hydrogens is 664 g/mol. The van der Waals surface area contributed by atoms with E-state index in [9.17, 15) is 46.0 Å². The molecule has 9 N–H and O–H groups in total. The first kappa shape index (κ1) is 32.7. The van der Waals surface area contributed by atoms with Crippen LogP contribution in [0.2, 0.25) is 0 Å². The van der Waals surface area contributed by atoms with Gasteiger partial charge in [0.25, 0.3) is 0 Å². The molecule has 0 aromatic heterocycles. The minimum atomic E-state index is -1.30. The lowest BCUT2D eigenvalue weighted by Crippen LogP contribution is -2.19. The number of aromatic hydroxyl groups is 8. The number of benzene rings is 6. The lowest BCUT2D eigenvalue weighted by Gasteiger charge is -2.31. The minimum Gasteiger partial charge on any atom is -0.508 e. The first-order valence-corrected chi connectivity index (χ1v) is 16.6. The van der Waals surface area contributed by atoms with Crippen LogP contribution in [0, 0.1) is 0 Å². The fourth-order valence-corrected chi connectivity index (χ4v) is 8.28. The van der Waals surface area contributed by atoms with E-state index < -0.39 is 35.9 Å². The third kappa shape index (κ3) is 5.50. The summed E-state index contributed by atoms with van der Waals surface area (Å²) in [7, 11) is 0. The highest BCUT2D eigenvalue weighted by Gasteiger charge is 2.52. The van der Waals surface area contributed by atoms with Crippen LogP contribution < -0.4 is 4.74 Å². The Morgan fingerprint density at radius 3 is 1.44 bits per heavy atom. The Hall–Kier alpha value is -6.52. The summed E-state index contributed by atoms with van der Waals surface area (Å²) in [5, 5.41) is 98.0. The van der Waals surface area contributed by atoms with Crippen molar-refractivity contribution in [1.29, 1.82) is 0 Å². The summed E-state index contributed by atoms with van der Waals surface area (Å²) in [6, 6.07) is 28.9. The third-order valence-electron chi connectivity index (χ3n) is 10.3. The Morgan fingerprint density at radius 2 is 0.904 bits per heavy atom. The Kier molecular flexibility index (Phi) is 7.77. The van der Waals surface area contributed by atoms with Crippen LogP contribution >= 0.6 is 0 Å². The van der Waals surface area contributed by atoms with E-state index in [0.717, 1.165) is 0 Å². The van der Waals surface area contributed by atoms with Crippen molar-refractivity contribution in [2.45, 2.75) is 35.9 Å². The molecule has 1 aliphatic heterocycles. The molecule has 1 heterocycles. The van der Waals surface area contributed by atoms with Gasteiger partial charge in [0.1, 0.15) is 57.8 Å². The minimum absolute atomic E-state index is 0.00775. The number of hydrogen-bond acceptors (Lipinski definition) is 10. The molecule has 2 aliphatic rings. The standard InChI is InChI=1S/C42H34O10/c43-25-7-1-20(2-8-25)34-35(23-13-28(46)17-29(47)14-23)40(41(51)21-3-9-26(44)10-4-21)39-37(34)32(50)19-33-38(39)36(24-15-30(48)18-31(49)16-24)42(52-33)22-5-11-27(45)12-6-22/h1-19,34-36,40-51H/t34-,35-,36-,40+,41+,42+/m1/s1. The number of aliphatic hydroxyl groups excluding tert-OH is 1. The second kappa shape index (κ2) is 12.4. The third-order valence-corrected chi connectivity index (χ3v) is 10.3. The largest absolute Gasteiger partial charge is 0.508 e. The second-order valence-corrected chi connectivity index (χ2v) is 13.5. The van der Waals surface area contributed by atoms with E-state index in [2.05, 4.69) is 0 Å². The van der Waals surface area contributed by atoms with E-state index in [1.807, 2.05) is 0 Å². The fourth-order valence-electron chi connectivity index (χ4n) is 8.28. The Morgan fingerprint density at radius 1 is 0.423 bits per heavy atom. The van der Waals surface area contributed by atoms with Crippen LogP contribution in [-0.2, 0) is 0 Å². The van der Waals surface area contributed by atoms with Crippen LogP contribution in [0.25, 0.3) is 0 Å². The van der Waals surface area contributed by atoms with Gasteiger partial charge in [-0.1, -0.05) is 36.4 Å². The Balaban J connectivity index is 1.47. The van der Waals surface area contributed by atoms with Crippen LogP contribution in [0.3, 0.4) is 0 Å². The first-order valence-electron chi connectivity index (χ1n) is 16.6. The summed E-state index contributed by atoms with van der Waals surface area (Å²) in [6.07, 6.45) is -2.09. The highest BCUT2D eigenvalue weighted by Crippen LogP contribution is 2.66. The van der Waals surface area contributed by atoms with Gasteiger partial charge in [-0.25, -0.2) is 0 Å². The molecule has 10 heteroatoms. The van der Waals surface area contributed by atoms with E-state index in [4.69, 9.17) is 4.74 Å². The molecule has 6 atom stereocenters. The summed E-state index contributed by atoms with van der Waals surface area (Å²) in [4.78, 5) is 0. The summed E-state index contributed by atoms with van der Waals surface area (Å²) in [5.74, 6) is -3.76. The quantitative estimate of drug-likeness (QED) is 0.0850. The molecule has 0 bridgehead atoms. The monoisotopic (exact) mass is 698 g/mol. The molecule has 0 fully saturated rings. The van der Waals surface area contributed by atoms with Gasteiger partial charge in [0.05, 0.1) is 12.0 Å². The van der Waals surface area contributed by atoms with Crippen molar-refractivity contribution in [2.24, 2.45) is 0 Å². The van der Waals surface area contributed by atoms with Crippen molar-refractivity contribution in [1.82, 2.24) is 0 Å². The molecule has 0 saturated heterocycles. The van der Waals surface area contributed by atoms with Gasteiger partial charge in [-0.3, -0.25) is 0 Å². The average Bonchev–Trinajstić information content (AvgIpc) is 3.65. The SMILES string of the molecule is Oc1ccc([C@H]2c3c(O)cc4c(c3[C@@H]([C@@H](O)c3ccc(O)cc3)[C@@H]2c2cc(O)cc(O)c2)[C@@H](c2cc(O)cc(O)c2)[C@H](c2ccc(O)cc2)O4)cc1. The maximum Gasteiger partial charge on any atom is 0.135 e. The van der Waals surface area contributed by atoms with Gasteiger partial charge in [0.15, 0.2) is 0 Å². The number of fused-ring (bicyclic) bond motifs is 3. The van der Waals surface area contributed by atoms with E-state index in [1.54, 1.807) is 36.4 Å². The zero-order valence-electron chi connectivity index (χ0n) is 27.4. The van der Waals surface area contributed by atoms with Gasteiger partial charge in [-0.05, 0) is 94.0 Å². The molecule has 6 aromatic carbocycles. The lowest BCUT2D eigenvalue weighted by atomic mass is 9.73. The van der Waals surface area contributed by atoms with Crippen molar-refractivity contribution in [2.75, 3.05) is 0 Å². The number of phenols is 8. The van der Waals surface area contributed by atoms with Gasteiger partial charge in [-0.2, -0.15) is 0 Å². The molecule has 8 rings (SSSR count). The zero-order chi connectivity index (χ0) is 36.4. The maximum absolute atomic E-state index is 12.5. The number of ether oxygens (including phenoxy) is 1. The van der Waals surface area contributed by atoms with Gasteiger partial charge < -0.3 is 50.7 Å². The summed E-state index contributed by atoms with van der Waals surface area (Å²) in [6.45, 7) is 0. The van der Waals surface area contributed by atoms with Gasteiger partial charge in [0, 0.05) is 47.1 Å². The van der Waals surface area contributed by atoms with Crippen LogP contribution in [0.4, 0.5) is 0 Å². The molecule has 262 valence electrons. The number of rotatable bonds is 6. The number of aliphatic hydroxyl groups is 1. The molecule has 10 nitrogen and oxygen atoms in total. The van der Waals surface area contributed by atoms with Gasteiger partial charge in [0.2, 0.25) is 0 Å². The van der Waals surface area contributed by atoms with E-state index in [1.165, 1.54) is 78.9 Å². The number of phenolic OH excluding ortho intramolecular Hbond substituents is 8. The van der Waals surface area contributed by atoms with E-state index >= 15 is 0 Å². The van der Waals surface area contributed by atoms with Gasteiger partial charge >= 0.3 is 0 Å². The molecule has 6 aromatic rings. The molecule has 1 aliphatic carbocycles. The molecular formula is C42H34O10. The van der Waals surface area contributed by atoms with Gasteiger partial charge in [-0.15, -0.1) is 0 Å². The Bertz CT molecular complexity index is 2260. The van der Waals surface area contributed by atoms with Crippen molar-refractivity contribution in [3.05, 3.63) is 160 Å². The molecule has 0 saturated carbocycles. The number of hydrogen-bond donors (Lipinski definition) is 9. The van der Waals surface area contributed by atoms with Crippen molar-refractivity contribution in [3.63, 3.8) is 0 Å². The fraction of sp³-hybridized carbons (Fsp3) is 0.143. The van der Waals surface area contributed by atoms with Crippen molar-refractivity contribution >= 4 is 0 Å². The Labute approximate surface area is 297 Å². The topological polar surface area (TPSA) is 191 Å². The van der Waals surface area contributed by atoms with Crippen LogP contribution in [-0.4, -0.2) is 46.0 Å². The highest BCUT2D eigenvalue weighted by molar-refractivity contribution is 5.68. The van der Waals surface area contributed by atoms with E-state index in [-0.39, 0.29) is 51.7 Å². The predicted octanol–water partition coefficient (Wildman–Crippen LogP) is 7.34. The normalized spacial score (nSPS) is 20.9. The van der Waals surface area contributed by atoms with Crippen molar-refractivity contribution < 1.29 is 50.7 Å². The van der Waals surface area contributed by atoms with Crippen molar-refractivity contribution in [3.8, 4) is 51.7 Å². The van der Waals surface area contributed by atoms with Crippen LogP contribution in [0.15, 0.2) is 115 Å². The second-order valence-electron chi connectivity index (χ2n) is 13.5. The highest BCUT2D eigenvalue weighted by atomic mass is 16.5. The molecule has 0 spiro atoms. The molecule has 52 heavy (non-hydrogen) atoms.